The highest BCUT2D eigenvalue weighted by atomic mass is 32.2. The average molecular weight is 287 g/mol. The largest absolute Gasteiger partial charge is 0.477 e. The van der Waals surface area contributed by atoms with Crippen LogP contribution in [0.15, 0.2) is 16.3 Å². The second kappa shape index (κ2) is 6.80. The van der Waals surface area contributed by atoms with Crippen molar-refractivity contribution >= 4 is 35.0 Å². The first-order valence-electron chi connectivity index (χ1n) is 5.64. The first kappa shape index (κ1) is 15.0. The predicted molar refractivity (Wildman–Crippen MR) is 74.4 cm³/mol. The number of thioether (sulfide) groups is 1. The number of hydrogen-bond donors (Lipinski definition) is 2. The van der Waals surface area contributed by atoms with Gasteiger partial charge in [-0.3, -0.25) is 4.79 Å². The van der Waals surface area contributed by atoms with Crippen molar-refractivity contribution in [2.45, 2.75) is 31.7 Å². The number of rotatable bonds is 6. The summed E-state index contributed by atoms with van der Waals surface area (Å²) in [6.45, 7) is 6.08. The summed E-state index contributed by atoms with van der Waals surface area (Å²) < 4.78 is 0. The molecule has 1 rings (SSSR count). The molecule has 18 heavy (non-hydrogen) atoms. The smallest absolute Gasteiger partial charge is 0.345 e. The van der Waals surface area contributed by atoms with Crippen LogP contribution >= 0.6 is 23.1 Å². The Balaban J connectivity index is 2.40. The number of carboxylic acids is 1. The van der Waals surface area contributed by atoms with Gasteiger partial charge in [-0.25, -0.2) is 4.79 Å². The molecule has 0 aliphatic heterocycles. The summed E-state index contributed by atoms with van der Waals surface area (Å²) in [6, 6.07) is 1.74. The van der Waals surface area contributed by atoms with E-state index in [-0.39, 0.29) is 11.9 Å². The fourth-order valence-electron chi connectivity index (χ4n) is 1.12. The molecule has 0 fully saturated rings. The Morgan fingerprint density at radius 3 is 2.61 bits per heavy atom. The van der Waals surface area contributed by atoms with Gasteiger partial charge in [0, 0.05) is 16.3 Å². The Kier molecular flexibility index (Phi) is 5.68. The molecule has 0 bridgehead atoms. The zero-order valence-corrected chi connectivity index (χ0v) is 12.2. The van der Waals surface area contributed by atoms with E-state index < -0.39 is 5.97 Å². The topological polar surface area (TPSA) is 66.4 Å². The number of amides is 1. The molecule has 1 aromatic rings. The van der Waals surface area contributed by atoms with Crippen molar-refractivity contribution in [2.24, 2.45) is 5.92 Å². The SMILES string of the molecule is CC(C)C(C)NC(=O)CSc1csc(C(=O)O)c1. The van der Waals surface area contributed by atoms with Crippen molar-refractivity contribution in [1.82, 2.24) is 5.32 Å². The standard InChI is InChI=1S/C12H17NO3S2/c1-7(2)8(3)13-11(14)6-17-9-4-10(12(15)16)18-5-9/h4-5,7-8H,6H2,1-3H3,(H,13,14)(H,15,16). The van der Waals surface area contributed by atoms with Gasteiger partial charge in [-0.1, -0.05) is 13.8 Å². The summed E-state index contributed by atoms with van der Waals surface area (Å²) in [7, 11) is 0. The van der Waals surface area contributed by atoms with E-state index in [0.717, 1.165) is 4.90 Å². The van der Waals surface area contributed by atoms with E-state index in [0.29, 0.717) is 16.5 Å². The minimum absolute atomic E-state index is 0.0238. The maximum Gasteiger partial charge on any atom is 0.345 e. The Morgan fingerprint density at radius 2 is 2.11 bits per heavy atom. The number of aromatic carboxylic acids is 1. The van der Waals surface area contributed by atoms with E-state index in [2.05, 4.69) is 19.2 Å². The summed E-state index contributed by atoms with van der Waals surface area (Å²) in [5.74, 6) is -0.236. The van der Waals surface area contributed by atoms with Gasteiger partial charge in [0.25, 0.3) is 0 Å². The molecular weight excluding hydrogens is 270 g/mol. The van der Waals surface area contributed by atoms with Crippen molar-refractivity contribution < 1.29 is 14.7 Å². The highest BCUT2D eigenvalue weighted by Crippen LogP contribution is 2.24. The molecular formula is C12H17NO3S2. The Hall–Kier alpha value is -1.01. The molecule has 6 heteroatoms. The molecule has 4 nitrogen and oxygen atoms in total. The third kappa shape index (κ3) is 4.70. The summed E-state index contributed by atoms with van der Waals surface area (Å²) in [4.78, 5) is 23.4. The van der Waals surface area contributed by atoms with Gasteiger partial charge in [0.2, 0.25) is 5.91 Å². The van der Waals surface area contributed by atoms with Gasteiger partial charge >= 0.3 is 5.97 Å². The van der Waals surface area contributed by atoms with Crippen LogP contribution in [0.1, 0.15) is 30.4 Å². The van der Waals surface area contributed by atoms with Crippen LogP contribution in [-0.4, -0.2) is 28.8 Å². The predicted octanol–water partition coefficient (Wildman–Crippen LogP) is 2.70. The van der Waals surface area contributed by atoms with Gasteiger partial charge in [0.05, 0.1) is 5.75 Å². The van der Waals surface area contributed by atoms with Crippen molar-refractivity contribution in [2.75, 3.05) is 5.75 Å². The van der Waals surface area contributed by atoms with Crippen molar-refractivity contribution in [3.05, 3.63) is 16.3 Å². The highest BCUT2D eigenvalue weighted by Gasteiger charge is 2.12. The summed E-state index contributed by atoms with van der Waals surface area (Å²) in [6.07, 6.45) is 0. The van der Waals surface area contributed by atoms with Crippen LogP contribution < -0.4 is 5.32 Å². The maximum absolute atomic E-state index is 11.6. The Bertz CT molecular complexity index is 429. The second-order valence-electron chi connectivity index (χ2n) is 4.34. The molecule has 1 heterocycles. The summed E-state index contributed by atoms with van der Waals surface area (Å²) >= 11 is 2.53. The lowest BCUT2D eigenvalue weighted by Crippen LogP contribution is -2.37. The molecule has 0 radical (unpaired) electrons. The Morgan fingerprint density at radius 1 is 1.44 bits per heavy atom. The van der Waals surface area contributed by atoms with E-state index in [9.17, 15) is 9.59 Å². The lowest BCUT2D eigenvalue weighted by molar-refractivity contribution is -0.119. The van der Waals surface area contributed by atoms with Gasteiger partial charge in [-0.2, -0.15) is 0 Å². The van der Waals surface area contributed by atoms with Gasteiger partial charge in [-0.15, -0.1) is 23.1 Å². The van der Waals surface area contributed by atoms with Crippen LogP contribution in [0.4, 0.5) is 0 Å². The van der Waals surface area contributed by atoms with E-state index in [1.165, 1.54) is 23.1 Å². The summed E-state index contributed by atoms with van der Waals surface area (Å²) in [5.41, 5.74) is 0. The molecule has 0 saturated carbocycles. The molecule has 100 valence electrons. The normalized spacial score (nSPS) is 12.4. The number of carboxylic acid groups (broad SMARTS) is 1. The van der Waals surface area contributed by atoms with Gasteiger partial charge < -0.3 is 10.4 Å². The van der Waals surface area contributed by atoms with Gasteiger partial charge in [0.15, 0.2) is 0 Å². The molecule has 1 aromatic heterocycles. The number of carbonyl (C=O) groups excluding carboxylic acids is 1. The van der Waals surface area contributed by atoms with E-state index in [1.54, 1.807) is 11.4 Å². The quantitative estimate of drug-likeness (QED) is 0.789. The lowest BCUT2D eigenvalue weighted by atomic mass is 10.1. The molecule has 0 aromatic carbocycles. The molecule has 1 amide bonds. The maximum atomic E-state index is 11.6. The first-order chi connectivity index (χ1) is 8.40. The zero-order valence-electron chi connectivity index (χ0n) is 10.6. The molecule has 0 aliphatic carbocycles. The number of carbonyl (C=O) groups is 2. The van der Waals surface area contributed by atoms with E-state index in [1.807, 2.05) is 6.92 Å². The van der Waals surface area contributed by atoms with Crippen molar-refractivity contribution in [3.63, 3.8) is 0 Å². The van der Waals surface area contributed by atoms with Crippen LogP contribution in [0.25, 0.3) is 0 Å². The molecule has 2 N–H and O–H groups in total. The third-order valence-electron chi connectivity index (χ3n) is 2.54. The van der Waals surface area contributed by atoms with E-state index in [4.69, 9.17) is 5.11 Å². The Labute approximate surface area is 115 Å². The number of hydrogen-bond acceptors (Lipinski definition) is 4. The minimum Gasteiger partial charge on any atom is -0.477 e. The highest BCUT2D eigenvalue weighted by molar-refractivity contribution is 8.00. The van der Waals surface area contributed by atoms with Crippen LogP contribution in [0.2, 0.25) is 0 Å². The molecule has 1 atom stereocenters. The molecule has 0 saturated heterocycles. The van der Waals surface area contributed by atoms with Crippen LogP contribution in [0.5, 0.6) is 0 Å². The zero-order chi connectivity index (χ0) is 13.7. The lowest BCUT2D eigenvalue weighted by Gasteiger charge is -2.16. The molecule has 1 unspecified atom stereocenters. The number of nitrogens with one attached hydrogen (secondary N) is 1. The van der Waals surface area contributed by atoms with Crippen molar-refractivity contribution in [3.8, 4) is 0 Å². The van der Waals surface area contributed by atoms with Crippen LogP contribution in [-0.2, 0) is 4.79 Å². The molecule has 0 spiro atoms. The average Bonchev–Trinajstić information content (AvgIpc) is 2.74. The number of thiophene rings is 1. The third-order valence-corrected chi connectivity index (χ3v) is 4.59. The monoisotopic (exact) mass is 287 g/mol. The first-order valence-corrected chi connectivity index (χ1v) is 7.50. The van der Waals surface area contributed by atoms with Crippen LogP contribution in [0.3, 0.4) is 0 Å². The second-order valence-corrected chi connectivity index (χ2v) is 6.30. The summed E-state index contributed by atoms with van der Waals surface area (Å²) in [5, 5.41) is 13.4. The fourth-order valence-corrected chi connectivity index (χ4v) is 2.80. The van der Waals surface area contributed by atoms with Gasteiger partial charge in [0.1, 0.15) is 4.88 Å². The molecule has 0 aliphatic rings. The van der Waals surface area contributed by atoms with Crippen LogP contribution in [0, 0.1) is 5.92 Å². The van der Waals surface area contributed by atoms with Crippen molar-refractivity contribution in [1.29, 1.82) is 0 Å². The minimum atomic E-state index is -0.926. The van der Waals surface area contributed by atoms with E-state index >= 15 is 0 Å². The fraction of sp³-hybridized carbons (Fsp3) is 0.500. The van der Waals surface area contributed by atoms with Gasteiger partial charge in [-0.05, 0) is 18.9 Å².